The van der Waals surface area contributed by atoms with E-state index in [1.807, 2.05) is 35.0 Å². The molecule has 0 atom stereocenters. The highest BCUT2D eigenvalue weighted by Crippen LogP contribution is 2.28. The van der Waals surface area contributed by atoms with E-state index in [2.05, 4.69) is 76.4 Å². The molecule has 9 nitrogen and oxygen atoms in total. The Bertz CT molecular complexity index is 1620. The topological polar surface area (TPSA) is 107 Å². The van der Waals surface area contributed by atoms with Gasteiger partial charge < -0.3 is 10.6 Å². The van der Waals surface area contributed by atoms with Gasteiger partial charge in [-0.2, -0.15) is 5.10 Å². The van der Waals surface area contributed by atoms with Crippen molar-refractivity contribution in [3.8, 4) is 33.8 Å². The van der Waals surface area contributed by atoms with Gasteiger partial charge in [-0.25, -0.2) is 9.36 Å². The Morgan fingerprint density at radius 1 is 0.825 bits per heavy atom. The summed E-state index contributed by atoms with van der Waals surface area (Å²) in [7, 11) is 1.64. The molecule has 0 unspecified atom stereocenters. The molecule has 0 bridgehead atoms. The molecule has 0 saturated heterocycles. The van der Waals surface area contributed by atoms with Crippen LogP contribution >= 0.6 is 0 Å². The molecule has 5 aromatic rings. The van der Waals surface area contributed by atoms with E-state index in [1.54, 1.807) is 17.9 Å². The quantitative estimate of drug-likeness (QED) is 0.292. The number of benzene rings is 3. The minimum atomic E-state index is -0.117. The standard InChI is InChI=1S/C31H31N7O2/c1-21-4-6-23(7-5-21)24-8-10-25(11-9-24)30-18-26(12-17-31(40)32-3)35-38(30)29-15-13-28(14-16-29)37-20-27(34-36-37)19-33-22(2)39/h4-11,13-16,18,20H,12,17,19H2,1-3H3,(H,32,40)(H,33,39). The first-order chi connectivity index (χ1) is 19.4. The van der Waals surface area contributed by atoms with Crippen molar-refractivity contribution in [1.82, 2.24) is 35.4 Å². The van der Waals surface area contributed by atoms with E-state index in [-0.39, 0.29) is 11.8 Å². The van der Waals surface area contributed by atoms with Gasteiger partial charge in [0.1, 0.15) is 5.69 Å². The summed E-state index contributed by atoms with van der Waals surface area (Å²) in [6.07, 6.45) is 2.69. The zero-order valence-corrected chi connectivity index (χ0v) is 22.8. The number of rotatable bonds is 9. The zero-order valence-electron chi connectivity index (χ0n) is 22.8. The average molecular weight is 534 g/mol. The van der Waals surface area contributed by atoms with Crippen molar-refractivity contribution in [1.29, 1.82) is 0 Å². The van der Waals surface area contributed by atoms with Gasteiger partial charge in [0, 0.05) is 32.4 Å². The van der Waals surface area contributed by atoms with E-state index >= 15 is 0 Å². The Kier molecular flexibility index (Phi) is 7.82. The molecule has 3 aromatic carbocycles. The van der Waals surface area contributed by atoms with Crippen LogP contribution in [0.25, 0.3) is 33.8 Å². The Morgan fingerprint density at radius 2 is 1.45 bits per heavy atom. The number of amides is 2. The van der Waals surface area contributed by atoms with E-state index in [1.165, 1.54) is 18.1 Å². The molecule has 40 heavy (non-hydrogen) atoms. The number of nitrogens with zero attached hydrogens (tertiary/aromatic N) is 5. The van der Waals surface area contributed by atoms with Gasteiger partial charge in [-0.3, -0.25) is 9.59 Å². The number of aryl methyl sites for hydroxylation is 2. The fourth-order valence-electron chi connectivity index (χ4n) is 4.37. The van der Waals surface area contributed by atoms with Crippen molar-refractivity contribution in [2.45, 2.75) is 33.2 Å². The second-order valence-electron chi connectivity index (χ2n) is 9.63. The second kappa shape index (κ2) is 11.8. The third kappa shape index (κ3) is 6.15. The van der Waals surface area contributed by atoms with Crippen LogP contribution in [-0.2, 0) is 22.6 Å². The Labute approximate surface area is 232 Å². The molecule has 2 N–H and O–H groups in total. The van der Waals surface area contributed by atoms with Crippen LogP contribution in [0.1, 0.15) is 30.3 Å². The van der Waals surface area contributed by atoms with E-state index < -0.39 is 0 Å². The van der Waals surface area contributed by atoms with Gasteiger partial charge in [0.2, 0.25) is 11.8 Å². The van der Waals surface area contributed by atoms with Crippen molar-refractivity contribution in [3.05, 3.63) is 102 Å². The van der Waals surface area contributed by atoms with Crippen LogP contribution in [0, 0.1) is 6.92 Å². The molecule has 0 aliphatic carbocycles. The summed E-state index contributed by atoms with van der Waals surface area (Å²) in [5, 5.41) is 18.6. The minimum absolute atomic E-state index is 0.0198. The van der Waals surface area contributed by atoms with Gasteiger partial charge in [0.05, 0.1) is 35.5 Å². The molecule has 0 fully saturated rings. The van der Waals surface area contributed by atoms with E-state index in [9.17, 15) is 9.59 Å². The molecule has 0 aliphatic rings. The normalized spacial score (nSPS) is 10.9. The first-order valence-electron chi connectivity index (χ1n) is 13.1. The van der Waals surface area contributed by atoms with Crippen LogP contribution in [0.3, 0.4) is 0 Å². The van der Waals surface area contributed by atoms with Crippen molar-refractivity contribution in [2.75, 3.05) is 7.05 Å². The lowest BCUT2D eigenvalue weighted by molar-refractivity contribution is -0.120. The lowest BCUT2D eigenvalue weighted by Crippen LogP contribution is -2.19. The minimum Gasteiger partial charge on any atom is -0.359 e. The maximum absolute atomic E-state index is 11.9. The lowest BCUT2D eigenvalue weighted by Gasteiger charge is -2.10. The molecule has 5 rings (SSSR count). The van der Waals surface area contributed by atoms with Crippen molar-refractivity contribution >= 4 is 11.8 Å². The van der Waals surface area contributed by atoms with Gasteiger partial charge >= 0.3 is 0 Å². The van der Waals surface area contributed by atoms with Crippen LogP contribution in [0.15, 0.2) is 85.1 Å². The Morgan fingerprint density at radius 3 is 2.10 bits per heavy atom. The molecule has 0 radical (unpaired) electrons. The number of aromatic nitrogens is 5. The van der Waals surface area contributed by atoms with Gasteiger partial charge in [0.15, 0.2) is 0 Å². The highest BCUT2D eigenvalue weighted by atomic mass is 16.2. The number of nitrogens with one attached hydrogen (secondary N) is 2. The van der Waals surface area contributed by atoms with Gasteiger partial charge in [0.25, 0.3) is 0 Å². The SMILES string of the molecule is CNC(=O)CCc1cc(-c2ccc(-c3ccc(C)cc3)cc2)n(-c2ccc(-n3cc(CNC(C)=O)nn3)cc2)n1. The number of carbonyl (C=O) groups is 2. The third-order valence-corrected chi connectivity index (χ3v) is 6.63. The zero-order chi connectivity index (χ0) is 28.1. The van der Waals surface area contributed by atoms with E-state index in [0.717, 1.165) is 33.9 Å². The van der Waals surface area contributed by atoms with Crippen LogP contribution in [-0.4, -0.2) is 43.6 Å². The first kappa shape index (κ1) is 26.6. The van der Waals surface area contributed by atoms with Crippen molar-refractivity contribution in [2.24, 2.45) is 0 Å². The molecule has 0 spiro atoms. The molecule has 9 heteroatoms. The third-order valence-electron chi connectivity index (χ3n) is 6.63. The van der Waals surface area contributed by atoms with Gasteiger partial charge in [-0.05, 0) is 48.4 Å². The lowest BCUT2D eigenvalue weighted by atomic mass is 10.0. The predicted molar refractivity (Wildman–Crippen MR) is 154 cm³/mol. The fourth-order valence-corrected chi connectivity index (χ4v) is 4.37. The second-order valence-corrected chi connectivity index (χ2v) is 9.63. The summed E-state index contributed by atoms with van der Waals surface area (Å²) < 4.78 is 3.58. The number of carbonyl (C=O) groups excluding carboxylic acids is 2. The summed E-state index contributed by atoms with van der Waals surface area (Å²) in [5.74, 6) is -0.137. The highest BCUT2D eigenvalue weighted by molar-refractivity contribution is 5.76. The summed E-state index contributed by atoms with van der Waals surface area (Å²) >= 11 is 0. The summed E-state index contributed by atoms with van der Waals surface area (Å²) in [4.78, 5) is 23.1. The van der Waals surface area contributed by atoms with Crippen molar-refractivity contribution < 1.29 is 9.59 Å². The van der Waals surface area contributed by atoms with E-state index in [0.29, 0.717) is 25.1 Å². The largest absolute Gasteiger partial charge is 0.359 e. The van der Waals surface area contributed by atoms with Crippen LogP contribution in [0.2, 0.25) is 0 Å². The fraction of sp³-hybridized carbons (Fsp3) is 0.194. The number of hydrogen-bond acceptors (Lipinski definition) is 5. The van der Waals surface area contributed by atoms with Crippen LogP contribution in [0.5, 0.6) is 0 Å². The summed E-state index contributed by atoms with van der Waals surface area (Å²) in [5.41, 5.74) is 8.73. The molecule has 2 aromatic heterocycles. The predicted octanol–water partition coefficient (Wildman–Crippen LogP) is 4.41. The molecular weight excluding hydrogens is 502 g/mol. The van der Waals surface area contributed by atoms with Crippen molar-refractivity contribution in [3.63, 3.8) is 0 Å². The first-order valence-corrected chi connectivity index (χ1v) is 13.1. The summed E-state index contributed by atoms with van der Waals surface area (Å²) in [6, 6.07) is 26.8. The number of hydrogen-bond donors (Lipinski definition) is 2. The molecule has 2 heterocycles. The average Bonchev–Trinajstić information content (AvgIpc) is 3.63. The molecule has 0 saturated carbocycles. The molecule has 2 amide bonds. The molecular formula is C31H31N7O2. The summed E-state index contributed by atoms with van der Waals surface area (Å²) in [6.45, 7) is 3.88. The Hall–Kier alpha value is -5.05. The van der Waals surface area contributed by atoms with Gasteiger partial charge in [-0.15, -0.1) is 5.10 Å². The monoisotopic (exact) mass is 533 g/mol. The maximum atomic E-state index is 11.9. The van der Waals surface area contributed by atoms with Crippen LogP contribution < -0.4 is 10.6 Å². The van der Waals surface area contributed by atoms with Gasteiger partial charge in [-0.1, -0.05) is 59.3 Å². The van der Waals surface area contributed by atoms with E-state index in [4.69, 9.17) is 5.10 Å². The van der Waals surface area contributed by atoms with Crippen LogP contribution in [0.4, 0.5) is 0 Å². The highest BCUT2D eigenvalue weighted by Gasteiger charge is 2.14. The maximum Gasteiger partial charge on any atom is 0.220 e. The molecule has 0 aliphatic heterocycles. The molecule has 202 valence electrons. The smallest absolute Gasteiger partial charge is 0.220 e. The Balaban J connectivity index is 1.44.